The Bertz CT molecular complexity index is 843. The number of carbonyl (C=O) groups is 3. The summed E-state index contributed by atoms with van der Waals surface area (Å²) in [7, 11) is 1.57. The maximum atomic E-state index is 12.4. The molecule has 1 aromatic heterocycles. The summed E-state index contributed by atoms with van der Waals surface area (Å²) in [5.41, 5.74) is 0.794. The van der Waals surface area contributed by atoms with Crippen molar-refractivity contribution >= 4 is 34.9 Å². The van der Waals surface area contributed by atoms with Crippen molar-refractivity contribution in [3.8, 4) is 5.75 Å². The van der Waals surface area contributed by atoms with E-state index in [1.165, 1.54) is 12.3 Å². The van der Waals surface area contributed by atoms with Crippen molar-refractivity contribution in [2.75, 3.05) is 20.2 Å². The molecule has 26 heavy (non-hydrogen) atoms. The van der Waals surface area contributed by atoms with Crippen molar-refractivity contribution in [3.63, 3.8) is 0 Å². The van der Waals surface area contributed by atoms with Gasteiger partial charge in [0.05, 0.1) is 18.3 Å². The summed E-state index contributed by atoms with van der Waals surface area (Å²) in [6.45, 7) is 0.241. The molecule has 1 aliphatic rings. The van der Waals surface area contributed by atoms with E-state index < -0.39 is 5.91 Å². The van der Waals surface area contributed by atoms with Crippen molar-refractivity contribution in [1.82, 2.24) is 10.2 Å². The Labute approximate surface area is 154 Å². The lowest BCUT2D eigenvalue weighted by Crippen LogP contribution is -2.37. The third-order valence-electron chi connectivity index (χ3n) is 3.65. The van der Waals surface area contributed by atoms with Crippen molar-refractivity contribution < 1.29 is 23.5 Å². The summed E-state index contributed by atoms with van der Waals surface area (Å²) in [5.74, 6) is 0.125. The highest BCUT2D eigenvalue weighted by atomic mass is 32.2. The standard InChI is InChI=1S/C18H16N2O5S/c1-24-13-6-4-12(5-7-13)11-15-17(22)20(18(23)26-15)9-8-19-16(21)14-3-2-10-25-14/h2-7,10-11H,8-9H2,1H3,(H,19,21)/b15-11+. The number of hydrogen-bond donors (Lipinski definition) is 1. The predicted molar refractivity (Wildman–Crippen MR) is 96.7 cm³/mol. The molecule has 1 aromatic carbocycles. The van der Waals surface area contributed by atoms with E-state index in [-0.39, 0.29) is 30.0 Å². The molecule has 3 rings (SSSR count). The Morgan fingerprint density at radius 3 is 2.69 bits per heavy atom. The molecule has 3 amide bonds. The number of carbonyl (C=O) groups excluding carboxylic acids is 3. The molecular formula is C18H16N2O5S. The molecule has 2 aromatic rings. The number of methoxy groups -OCH3 is 1. The Morgan fingerprint density at radius 2 is 2.04 bits per heavy atom. The quantitative estimate of drug-likeness (QED) is 0.785. The van der Waals surface area contributed by atoms with Crippen LogP contribution < -0.4 is 10.1 Å². The molecule has 8 heteroatoms. The first kappa shape index (κ1) is 17.8. The van der Waals surface area contributed by atoms with Crippen molar-refractivity contribution in [1.29, 1.82) is 0 Å². The second kappa shape index (κ2) is 7.92. The second-order valence-corrected chi connectivity index (χ2v) is 6.33. The first-order chi connectivity index (χ1) is 12.6. The van der Waals surface area contributed by atoms with Crippen LogP contribution in [0.3, 0.4) is 0 Å². The van der Waals surface area contributed by atoms with Crippen LogP contribution in [0, 0.1) is 0 Å². The average molecular weight is 372 g/mol. The molecule has 0 atom stereocenters. The van der Waals surface area contributed by atoms with Crippen molar-refractivity contribution in [3.05, 3.63) is 58.9 Å². The molecule has 2 heterocycles. The zero-order valence-corrected chi connectivity index (χ0v) is 14.7. The number of thioether (sulfide) groups is 1. The van der Waals surface area contributed by atoms with Gasteiger partial charge in [0.15, 0.2) is 5.76 Å². The topological polar surface area (TPSA) is 88.8 Å². The summed E-state index contributed by atoms with van der Waals surface area (Å²) in [5, 5.41) is 2.25. The van der Waals surface area contributed by atoms with Crippen molar-refractivity contribution in [2.24, 2.45) is 0 Å². The number of rotatable bonds is 6. The lowest BCUT2D eigenvalue weighted by atomic mass is 10.2. The summed E-state index contributed by atoms with van der Waals surface area (Å²) < 4.78 is 10.1. The zero-order chi connectivity index (χ0) is 18.5. The fraction of sp³-hybridized carbons (Fsp3) is 0.167. The molecule has 134 valence electrons. The van der Waals surface area contributed by atoms with Gasteiger partial charge in [-0.2, -0.15) is 0 Å². The number of nitrogens with one attached hydrogen (secondary N) is 1. The molecule has 7 nitrogen and oxygen atoms in total. The van der Waals surface area contributed by atoms with E-state index in [0.717, 1.165) is 22.2 Å². The minimum atomic E-state index is -0.393. The van der Waals surface area contributed by atoms with Crippen LogP contribution in [-0.4, -0.2) is 42.2 Å². The Kier molecular flexibility index (Phi) is 5.43. The van der Waals surface area contributed by atoms with Gasteiger partial charge in [-0.25, -0.2) is 0 Å². The van der Waals surface area contributed by atoms with Gasteiger partial charge in [-0.1, -0.05) is 12.1 Å². The van der Waals surface area contributed by atoms with Crippen molar-refractivity contribution in [2.45, 2.75) is 0 Å². The highest BCUT2D eigenvalue weighted by Gasteiger charge is 2.34. The minimum Gasteiger partial charge on any atom is -0.497 e. The molecule has 1 fully saturated rings. The smallest absolute Gasteiger partial charge is 0.293 e. The predicted octanol–water partition coefficient (Wildman–Crippen LogP) is 2.75. The molecule has 0 spiro atoms. The van der Waals surface area contributed by atoms with Gasteiger partial charge in [0.2, 0.25) is 0 Å². The summed E-state index contributed by atoms with van der Waals surface area (Å²) in [6.07, 6.45) is 3.06. The van der Waals surface area contributed by atoms with Gasteiger partial charge in [-0.15, -0.1) is 0 Å². The van der Waals surface area contributed by atoms with Crippen LogP contribution in [0.2, 0.25) is 0 Å². The molecule has 0 unspecified atom stereocenters. The lowest BCUT2D eigenvalue weighted by molar-refractivity contribution is -0.122. The van der Waals surface area contributed by atoms with E-state index in [2.05, 4.69) is 5.32 Å². The zero-order valence-electron chi connectivity index (χ0n) is 13.9. The Balaban J connectivity index is 1.59. The fourth-order valence-electron chi connectivity index (χ4n) is 2.32. The number of ether oxygens (including phenoxy) is 1. The number of imide groups is 1. The van der Waals surface area contributed by atoms with Crippen LogP contribution >= 0.6 is 11.8 Å². The molecular weight excluding hydrogens is 356 g/mol. The molecule has 0 aliphatic carbocycles. The highest BCUT2D eigenvalue weighted by molar-refractivity contribution is 8.18. The van der Waals surface area contributed by atoms with E-state index in [1.54, 1.807) is 43.5 Å². The largest absolute Gasteiger partial charge is 0.497 e. The molecule has 1 saturated heterocycles. The monoisotopic (exact) mass is 372 g/mol. The van der Waals surface area contributed by atoms with E-state index in [1.807, 2.05) is 0 Å². The fourth-order valence-corrected chi connectivity index (χ4v) is 3.19. The van der Waals surface area contributed by atoms with Crippen LogP contribution in [0.15, 0.2) is 52.0 Å². The van der Waals surface area contributed by atoms with Crippen LogP contribution in [-0.2, 0) is 4.79 Å². The van der Waals surface area contributed by atoms with Crippen LogP contribution in [0.5, 0.6) is 5.75 Å². The Morgan fingerprint density at radius 1 is 1.27 bits per heavy atom. The molecule has 1 N–H and O–H groups in total. The second-order valence-electron chi connectivity index (χ2n) is 5.34. The number of benzene rings is 1. The van der Waals surface area contributed by atoms with Crippen LogP contribution in [0.25, 0.3) is 6.08 Å². The molecule has 1 aliphatic heterocycles. The normalized spacial score (nSPS) is 15.6. The third-order valence-corrected chi connectivity index (χ3v) is 4.56. The number of nitrogens with zero attached hydrogens (tertiary/aromatic N) is 1. The average Bonchev–Trinajstić information content (AvgIpc) is 3.27. The van der Waals surface area contributed by atoms with Gasteiger partial charge in [-0.05, 0) is 47.7 Å². The summed E-state index contributed by atoms with van der Waals surface area (Å²) in [6, 6.07) is 10.3. The third kappa shape index (κ3) is 3.97. The van der Waals surface area contributed by atoms with E-state index >= 15 is 0 Å². The summed E-state index contributed by atoms with van der Waals surface area (Å²) in [4.78, 5) is 37.7. The van der Waals surface area contributed by atoms with Gasteiger partial charge in [0.25, 0.3) is 17.1 Å². The molecule has 0 saturated carbocycles. The first-order valence-corrected chi connectivity index (χ1v) is 8.61. The SMILES string of the molecule is COc1ccc(/C=C2/SC(=O)N(CCNC(=O)c3ccco3)C2=O)cc1. The first-order valence-electron chi connectivity index (χ1n) is 7.79. The lowest BCUT2D eigenvalue weighted by Gasteiger charge is -2.12. The number of furan rings is 1. The van der Waals surface area contributed by atoms with E-state index in [4.69, 9.17) is 9.15 Å². The molecule has 0 radical (unpaired) electrons. The number of amides is 3. The minimum absolute atomic E-state index is 0.0943. The Hall–Kier alpha value is -3.00. The maximum absolute atomic E-state index is 12.4. The van der Waals surface area contributed by atoms with E-state index in [9.17, 15) is 14.4 Å². The number of hydrogen-bond acceptors (Lipinski definition) is 6. The highest BCUT2D eigenvalue weighted by Crippen LogP contribution is 2.32. The van der Waals surface area contributed by atoms with Gasteiger partial charge in [0, 0.05) is 13.1 Å². The van der Waals surface area contributed by atoms with Gasteiger partial charge < -0.3 is 14.5 Å². The van der Waals surface area contributed by atoms with Gasteiger partial charge in [0.1, 0.15) is 5.75 Å². The molecule has 0 bridgehead atoms. The summed E-state index contributed by atoms with van der Waals surface area (Å²) >= 11 is 0.879. The van der Waals surface area contributed by atoms with Crippen LogP contribution in [0.4, 0.5) is 4.79 Å². The van der Waals surface area contributed by atoms with E-state index in [0.29, 0.717) is 10.7 Å². The maximum Gasteiger partial charge on any atom is 0.293 e. The van der Waals surface area contributed by atoms with Gasteiger partial charge >= 0.3 is 0 Å². The van der Waals surface area contributed by atoms with Crippen LogP contribution in [0.1, 0.15) is 16.1 Å². The van der Waals surface area contributed by atoms with Gasteiger partial charge in [-0.3, -0.25) is 19.3 Å².